The van der Waals surface area contributed by atoms with Crippen LogP contribution in [0.1, 0.15) is 70.7 Å². The molecule has 0 heterocycles. The van der Waals surface area contributed by atoms with Crippen LogP contribution in [0.4, 0.5) is 4.39 Å². The Morgan fingerprint density at radius 3 is 2.00 bits per heavy atom. The number of rotatable bonds is 9. The van der Waals surface area contributed by atoms with E-state index in [4.69, 9.17) is 9.84 Å². The highest BCUT2D eigenvalue weighted by Gasteiger charge is 2.27. The monoisotopic (exact) mass is 468 g/mol. The van der Waals surface area contributed by atoms with Crippen LogP contribution in [0, 0.1) is 11.7 Å². The van der Waals surface area contributed by atoms with E-state index in [0.717, 1.165) is 6.07 Å². The molecule has 2 aromatic carbocycles. The molecule has 180 valence electrons. The zero-order valence-corrected chi connectivity index (χ0v) is 18.9. The van der Waals surface area contributed by atoms with E-state index in [1.807, 2.05) is 24.3 Å². The Labute approximate surface area is 197 Å². The third-order valence-corrected chi connectivity index (χ3v) is 6.43. The molecule has 0 atom stereocenters. The van der Waals surface area contributed by atoms with Gasteiger partial charge in [-0.3, -0.25) is 14.4 Å². The SMILES string of the molecule is O=C(NCCNC(=O)c1ccc(O[C@H]2CC[C@@H](C(=O)O)CC2)c(F)c1)c1ccc(C2CC2)cc1. The largest absolute Gasteiger partial charge is 0.487 e. The predicted octanol–water partition coefficient (Wildman–Crippen LogP) is 3.89. The van der Waals surface area contributed by atoms with Crippen molar-refractivity contribution >= 4 is 17.8 Å². The van der Waals surface area contributed by atoms with Gasteiger partial charge in [-0.05, 0) is 80.3 Å². The highest BCUT2D eigenvalue weighted by Crippen LogP contribution is 2.39. The van der Waals surface area contributed by atoms with Crippen LogP contribution in [-0.4, -0.2) is 42.1 Å². The van der Waals surface area contributed by atoms with Crippen molar-refractivity contribution in [3.63, 3.8) is 0 Å². The number of carbonyl (C=O) groups is 3. The molecule has 2 amide bonds. The Morgan fingerprint density at radius 2 is 1.44 bits per heavy atom. The van der Waals surface area contributed by atoms with Crippen LogP contribution in [0.5, 0.6) is 5.75 Å². The number of aliphatic carboxylic acids is 1. The molecule has 0 spiro atoms. The number of hydrogen-bond donors (Lipinski definition) is 3. The lowest BCUT2D eigenvalue weighted by Crippen LogP contribution is -2.34. The first kappa shape index (κ1) is 23.7. The fourth-order valence-corrected chi connectivity index (χ4v) is 4.22. The molecule has 2 fully saturated rings. The molecular weight excluding hydrogens is 439 g/mol. The average molecular weight is 469 g/mol. The second-order valence-electron chi connectivity index (χ2n) is 8.98. The zero-order chi connectivity index (χ0) is 24.1. The number of halogens is 1. The van der Waals surface area contributed by atoms with Crippen molar-refractivity contribution in [2.24, 2.45) is 5.92 Å². The molecule has 2 aliphatic carbocycles. The molecule has 0 unspecified atom stereocenters. The van der Waals surface area contributed by atoms with Crippen LogP contribution in [0.15, 0.2) is 42.5 Å². The van der Waals surface area contributed by atoms with E-state index >= 15 is 0 Å². The van der Waals surface area contributed by atoms with E-state index < -0.39 is 17.7 Å². The molecule has 8 heteroatoms. The average Bonchev–Trinajstić information content (AvgIpc) is 3.69. The Kier molecular flexibility index (Phi) is 7.45. The number of carboxylic acids is 1. The third kappa shape index (κ3) is 6.12. The first-order chi connectivity index (χ1) is 16.4. The van der Waals surface area contributed by atoms with Gasteiger partial charge in [-0.15, -0.1) is 0 Å². The van der Waals surface area contributed by atoms with Gasteiger partial charge in [-0.25, -0.2) is 4.39 Å². The lowest BCUT2D eigenvalue weighted by molar-refractivity contribution is -0.143. The molecule has 0 aromatic heterocycles. The second-order valence-corrected chi connectivity index (χ2v) is 8.98. The van der Waals surface area contributed by atoms with E-state index in [9.17, 15) is 18.8 Å². The summed E-state index contributed by atoms with van der Waals surface area (Å²) in [4.78, 5) is 35.6. The van der Waals surface area contributed by atoms with Gasteiger partial charge in [0, 0.05) is 24.2 Å². The summed E-state index contributed by atoms with van der Waals surface area (Å²) in [5.74, 6) is -1.78. The standard InChI is InChI=1S/C26H29FN2O5/c27-22-15-20(9-12-23(22)34-21-10-7-19(8-11-21)26(32)33)25(31)29-14-13-28-24(30)18-5-3-17(4-6-18)16-1-2-16/h3-6,9,12,15-16,19,21H,1-2,7-8,10-11,13-14H2,(H,28,30)(H,29,31)(H,32,33)/t19-,21+. The van der Waals surface area contributed by atoms with Crippen molar-refractivity contribution < 1.29 is 28.6 Å². The van der Waals surface area contributed by atoms with E-state index in [-0.39, 0.29) is 42.3 Å². The number of ether oxygens (including phenoxy) is 1. The van der Waals surface area contributed by atoms with Gasteiger partial charge < -0.3 is 20.5 Å². The summed E-state index contributed by atoms with van der Waals surface area (Å²) >= 11 is 0. The van der Waals surface area contributed by atoms with Crippen LogP contribution in [0.25, 0.3) is 0 Å². The molecule has 7 nitrogen and oxygen atoms in total. The van der Waals surface area contributed by atoms with Crippen LogP contribution >= 0.6 is 0 Å². The minimum Gasteiger partial charge on any atom is -0.487 e. The highest BCUT2D eigenvalue weighted by atomic mass is 19.1. The second kappa shape index (κ2) is 10.7. The summed E-state index contributed by atoms with van der Waals surface area (Å²) in [6, 6.07) is 11.6. The van der Waals surface area contributed by atoms with E-state index in [0.29, 0.717) is 37.2 Å². The maximum atomic E-state index is 14.5. The summed E-state index contributed by atoms with van der Waals surface area (Å²) < 4.78 is 20.2. The van der Waals surface area contributed by atoms with Gasteiger partial charge in [-0.1, -0.05) is 12.1 Å². The number of amides is 2. The van der Waals surface area contributed by atoms with E-state index in [1.54, 1.807) is 0 Å². The Balaban J connectivity index is 1.20. The summed E-state index contributed by atoms with van der Waals surface area (Å²) in [6.07, 6.45) is 4.29. The first-order valence-electron chi connectivity index (χ1n) is 11.8. The van der Waals surface area contributed by atoms with Gasteiger partial charge in [0.25, 0.3) is 11.8 Å². The minimum atomic E-state index is -0.804. The maximum absolute atomic E-state index is 14.5. The van der Waals surface area contributed by atoms with Crippen LogP contribution in [0.3, 0.4) is 0 Å². The fourth-order valence-electron chi connectivity index (χ4n) is 4.22. The molecule has 34 heavy (non-hydrogen) atoms. The van der Waals surface area contributed by atoms with Crippen molar-refractivity contribution in [1.82, 2.24) is 10.6 Å². The molecular formula is C26H29FN2O5. The quantitative estimate of drug-likeness (QED) is 0.485. The number of hydrogen-bond acceptors (Lipinski definition) is 4. The number of carboxylic acid groups (broad SMARTS) is 1. The molecule has 0 aliphatic heterocycles. The highest BCUT2D eigenvalue weighted by molar-refractivity contribution is 5.95. The lowest BCUT2D eigenvalue weighted by atomic mass is 9.87. The molecule has 0 bridgehead atoms. The Bertz CT molecular complexity index is 1040. The smallest absolute Gasteiger partial charge is 0.306 e. The van der Waals surface area contributed by atoms with E-state index in [1.165, 1.54) is 30.5 Å². The van der Waals surface area contributed by atoms with Gasteiger partial charge in [0.15, 0.2) is 11.6 Å². The molecule has 0 saturated heterocycles. The van der Waals surface area contributed by atoms with Crippen molar-refractivity contribution in [3.8, 4) is 5.75 Å². The van der Waals surface area contributed by atoms with Crippen LogP contribution < -0.4 is 15.4 Å². The normalized spacial score (nSPS) is 19.8. The zero-order valence-electron chi connectivity index (χ0n) is 18.9. The molecule has 2 aliphatic rings. The van der Waals surface area contributed by atoms with Gasteiger partial charge in [-0.2, -0.15) is 0 Å². The molecule has 2 aromatic rings. The summed E-state index contributed by atoms with van der Waals surface area (Å²) in [5.41, 5.74) is 1.99. The lowest BCUT2D eigenvalue weighted by Gasteiger charge is -2.27. The van der Waals surface area contributed by atoms with Crippen molar-refractivity contribution in [2.45, 2.75) is 50.5 Å². The van der Waals surface area contributed by atoms with Crippen molar-refractivity contribution in [1.29, 1.82) is 0 Å². The van der Waals surface area contributed by atoms with Gasteiger partial charge in [0.2, 0.25) is 0 Å². The van der Waals surface area contributed by atoms with Gasteiger partial charge in [0.1, 0.15) is 0 Å². The Hall–Kier alpha value is -3.42. The number of benzene rings is 2. The summed E-state index contributed by atoms with van der Waals surface area (Å²) in [5, 5.41) is 14.5. The maximum Gasteiger partial charge on any atom is 0.306 e. The third-order valence-electron chi connectivity index (χ3n) is 6.43. The topological polar surface area (TPSA) is 105 Å². The van der Waals surface area contributed by atoms with E-state index in [2.05, 4.69) is 10.6 Å². The molecule has 3 N–H and O–H groups in total. The van der Waals surface area contributed by atoms with Gasteiger partial charge in [0.05, 0.1) is 12.0 Å². The minimum absolute atomic E-state index is 0.0512. The molecule has 4 rings (SSSR count). The first-order valence-corrected chi connectivity index (χ1v) is 11.8. The number of carbonyl (C=O) groups excluding carboxylic acids is 2. The fraction of sp³-hybridized carbons (Fsp3) is 0.423. The van der Waals surface area contributed by atoms with Crippen molar-refractivity contribution in [2.75, 3.05) is 13.1 Å². The van der Waals surface area contributed by atoms with Crippen LogP contribution in [0.2, 0.25) is 0 Å². The van der Waals surface area contributed by atoms with Crippen molar-refractivity contribution in [3.05, 3.63) is 65.0 Å². The predicted molar refractivity (Wildman–Crippen MR) is 123 cm³/mol. The Morgan fingerprint density at radius 1 is 0.853 bits per heavy atom. The number of nitrogens with one attached hydrogen (secondary N) is 2. The van der Waals surface area contributed by atoms with Gasteiger partial charge >= 0.3 is 5.97 Å². The molecule has 2 saturated carbocycles. The summed E-state index contributed by atoms with van der Waals surface area (Å²) in [7, 11) is 0. The van der Waals surface area contributed by atoms with Crippen LogP contribution in [-0.2, 0) is 4.79 Å². The summed E-state index contributed by atoms with van der Waals surface area (Å²) in [6.45, 7) is 0.453. The molecule has 0 radical (unpaired) electrons.